The highest BCUT2D eigenvalue weighted by Gasteiger charge is 2.41. The van der Waals surface area contributed by atoms with Crippen molar-refractivity contribution in [2.75, 3.05) is 13.7 Å². The summed E-state index contributed by atoms with van der Waals surface area (Å²) in [6.07, 6.45) is 2.75. The van der Waals surface area contributed by atoms with Crippen molar-refractivity contribution >= 4 is 0 Å². The number of ether oxygens (including phenoxy) is 3. The Hall–Kier alpha value is -2.62. The van der Waals surface area contributed by atoms with Crippen molar-refractivity contribution in [2.45, 2.75) is 32.3 Å². The first-order valence-electron chi connectivity index (χ1n) is 8.53. The van der Waals surface area contributed by atoms with Gasteiger partial charge in [0.1, 0.15) is 29.1 Å². The highest BCUT2D eigenvalue weighted by Crippen LogP contribution is 2.52. The Labute approximate surface area is 147 Å². The van der Waals surface area contributed by atoms with Crippen molar-refractivity contribution in [3.8, 4) is 23.0 Å². The molecule has 2 aliphatic heterocycles. The number of fused-ring (bicyclic) bond motifs is 5. The number of phenolic OH excluding ortho intramolecular Hbond substituents is 1. The number of hydrogen-bond donors (Lipinski definition) is 1. The number of allylic oxidation sites excluding steroid dienone is 2. The standard InChI is InChI=1S/C21H22O4/c1-12(2)4-5-13-8-16-17-11-24-19-9-14(23-3)6-7-15(19)21(17)25-20(16)10-18(13)22/h4,6-10,17,21-22H,5,11H2,1-3H3/t17-,21-/m1/s1. The van der Waals surface area contributed by atoms with Crippen LogP contribution in [0.25, 0.3) is 0 Å². The molecule has 0 fully saturated rings. The minimum atomic E-state index is -0.0808. The third-order valence-electron chi connectivity index (χ3n) is 4.91. The van der Waals surface area contributed by atoms with E-state index in [1.165, 1.54) is 5.57 Å². The van der Waals surface area contributed by atoms with Gasteiger partial charge in [-0.25, -0.2) is 0 Å². The fourth-order valence-electron chi connectivity index (χ4n) is 3.52. The normalized spacial score (nSPS) is 19.8. The second-order valence-corrected chi connectivity index (χ2v) is 6.86. The number of phenols is 1. The number of hydrogen-bond acceptors (Lipinski definition) is 4. The van der Waals surface area contributed by atoms with Gasteiger partial charge in [0.2, 0.25) is 0 Å². The lowest BCUT2D eigenvalue weighted by Gasteiger charge is -2.28. The fourth-order valence-corrected chi connectivity index (χ4v) is 3.52. The van der Waals surface area contributed by atoms with Crippen molar-refractivity contribution in [3.63, 3.8) is 0 Å². The van der Waals surface area contributed by atoms with Gasteiger partial charge in [-0.1, -0.05) is 11.6 Å². The fraction of sp³-hybridized carbons (Fsp3) is 0.333. The summed E-state index contributed by atoms with van der Waals surface area (Å²) < 4.78 is 17.4. The summed E-state index contributed by atoms with van der Waals surface area (Å²) in [5.41, 5.74) is 4.29. The number of methoxy groups -OCH3 is 1. The molecule has 4 heteroatoms. The highest BCUT2D eigenvalue weighted by molar-refractivity contribution is 5.55. The third-order valence-corrected chi connectivity index (χ3v) is 4.91. The second kappa shape index (κ2) is 6.03. The molecule has 2 atom stereocenters. The van der Waals surface area contributed by atoms with E-state index in [4.69, 9.17) is 14.2 Å². The monoisotopic (exact) mass is 338 g/mol. The molecule has 0 amide bonds. The number of rotatable bonds is 3. The lowest BCUT2D eigenvalue weighted by Crippen LogP contribution is -2.23. The molecule has 2 aliphatic rings. The highest BCUT2D eigenvalue weighted by atomic mass is 16.5. The predicted octanol–water partition coefficient (Wildman–Crippen LogP) is 4.52. The lowest BCUT2D eigenvalue weighted by atomic mass is 9.88. The summed E-state index contributed by atoms with van der Waals surface area (Å²) >= 11 is 0. The molecule has 130 valence electrons. The third kappa shape index (κ3) is 2.72. The van der Waals surface area contributed by atoms with Crippen molar-refractivity contribution in [1.29, 1.82) is 0 Å². The van der Waals surface area contributed by atoms with Crippen LogP contribution in [0.1, 0.15) is 42.6 Å². The molecule has 0 radical (unpaired) electrons. The molecule has 0 bridgehead atoms. The van der Waals surface area contributed by atoms with Crippen molar-refractivity contribution in [2.24, 2.45) is 0 Å². The Morgan fingerprint density at radius 2 is 2.04 bits per heavy atom. The molecule has 0 spiro atoms. The van der Waals surface area contributed by atoms with Crippen LogP contribution < -0.4 is 14.2 Å². The van der Waals surface area contributed by atoms with Gasteiger partial charge in [-0.3, -0.25) is 0 Å². The summed E-state index contributed by atoms with van der Waals surface area (Å²) in [7, 11) is 1.64. The van der Waals surface area contributed by atoms with Crippen LogP contribution in [-0.2, 0) is 6.42 Å². The van der Waals surface area contributed by atoms with Gasteiger partial charge in [-0.15, -0.1) is 0 Å². The smallest absolute Gasteiger partial charge is 0.138 e. The zero-order chi connectivity index (χ0) is 17.6. The van der Waals surface area contributed by atoms with Gasteiger partial charge < -0.3 is 19.3 Å². The Morgan fingerprint density at radius 3 is 2.80 bits per heavy atom. The SMILES string of the molecule is COc1ccc2c(c1)OC[C@@H]1c3cc(CC=C(C)C)c(O)cc3O[C@H]21. The van der Waals surface area contributed by atoms with Gasteiger partial charge in [0.05, 0.1) is 19.6 Å². The zero-order valence-corrected chi connectivity index (χ0v) is 14.7. The summed E-state index contributed by atoms with van der Waals surface area (Å²) in [5.74, 6) is 2.75. The molecule has 0 saturated carbocycles. The number of benzene rings is 2. The first-order chi connectivity index (χ1) is 12.1. The molecule has 0 unspecified atom stereocenters. The van der Waals surface area contributed by atoms with E-state index in [1.54, 1.807) is 13.2 Å². The minimum Gasteiger partial charge on any atom is -0.508 e. The second-order valence-electron chi connectivity index (χ2n) is 6.86. The first kappa shape index (κ1) is 15.9. The van der Waals surface area contributed by atoms with E-state index in [0.29, 0.717) is 13.0 Å². The van der Waals surface area contributed by atoms with Crippen molar-refractivity contribution in [1.82, 2.24) is 0 Å². The summed E-state index contributed by atoms with van der Waals surface area (Å²) in [5, 5.41) is 10.3. The maximum Gasteiger partial charge on any atom is 0.138 e. The molecule has 0 aliphatic carbocycles. The van der Waals surface area contributed by atoms with Crippen LogP contribution in [0.2, 0.25) is 0 Å². The Balaban J connectivity index is 1.69. The van der Waals surface area contributed by atoms with Gasteiger partial charge in [0.15, 0.2) is 0 Å². The lowest BCUT2D eigenvalue weighted by molar-refractivity contribution is 0.139. The van der Waals surface area contributed by atoms with E-state index in [2.05, 4.69) is 26.0 Å². The van der Waals surface area contributed by atoms with Gasteiger partial charge in [-0.05, 0) is 44.0 Å². The molecule has 4 nitrogen and oxygen atoms in total. The van der Waals surface area contributed by atoms with E-state index < -0.39 is 0 Å². The topological polar surface area (TPSA) is 47.9 Å². The van der Waals surface area contributed by atoms with E-state index in [0.717, 1.165) is 33.9 Å². The van der Waals surface area contributed by atoms with Gasteiger partial charge in [0.25, 0.3) is 0 Å². The van der Waals surface area contributed by atoms with Crippen LogP contribution >= 0.6 is 0 Å². The van der Waals surface area contributed by atoms with Crippen molar-refractivity contribution < 1.29 is 19.3 Å². The van der Waals surface area contributed by atoms with Crippen LogP contribution in [-0.4, -0.2) is 18.8 Å². The summed E-state index contributed by atoms with van der Waals surface area (Å²) in [6, 6.07) is 9.63. The molecule has 2 heterocycles. The molecular weight excluding hydrogens is 316 g/mol. The summed E-state index contributed by atoms with van der Waals surface area (Å²) in [4.78, 5) is 0. The average molecular weight is 338 g/mol. The summed E-state index contributed by atoms with van der Waals surface area (Å²) in [6.45, 7) is 4.68. The van der Waals surface area contributed by atoms with E-state index >= 15 is 0 Å². The maximum absolute atomic E-state index is 10.3. The van der Waals surface area contributed by atoms with Gasteiger partial charge in [0, 0.05) is 23.3 Å². The van der Waals surface area contributed by atoms with E-state index in [-0.39, 0.29) is 17.8 Å². The quantitative estimate of drug-likeness (QED) is 0.836. The van der Waals surface area contributed by atoms with Gasteiger partial charge in [-0.2, -0.15) is 0 Å². The van der Waals surface area contributed by atoms with E-state index in [1.807, 2.05) is 18.2 Å². The molecule has 25 heavy (non-hydrogen) atoms. The zero-order valence-electron chi connectivity index (χ0n) is 14.7. The van der Waals surface area contributed by atoms with Crippen LogP contribution in [0.4, 0.5) is 0 Å². The Morgan fingerprint density at radius 1 is 1.20 bits per heavy atom. The van der Waals surface area contributed by atoms with Crippen LogP contribution in [0.15, 0.2) is 42.0 Å². The number of aromatic hydroxyl groups is 1. The molecule has 0 aromatic heterocycles. The Bertz CT molecular complexity index is 849. The van der Waals surface area contributed by atoms with E-state index in [9.17, 15) is 5.11 Å². The van der Waals surface area contributed by atoms with Crippen LogP contribution in [0.5, 0.6) is 23.0 Å². The largest absolute Gasteiger partial charge is 0.508 e. The minimum absolute atomic E-state index is 0.0808. The van der Waals surface area contributed by atoms with Crippen molar-refractivity contribution in [3.05, 3.63) is 58.7 Å². The van der Waals surface area contributed by atoms with Crippen LogP contribution in [0.3, 0.4) is 0 Å². The molecule has 1 N–H and O–H groups in total. The predicted molar refractivity (Wildman–Crippen MR) is 95.8 cm³/mol. The van der Waals surface area contributed by atoms with Gasteiger partial charge >= 0.3 is 0 Å². The van der Waals surface area contributed by atoms with Crippen LogP contribution in [0, 0.1) is 0 Å². The molecule has 2 aromatic rings. The molecule has 4 rings (SSSR count). The average Bonchev–Trinajstić information content (AvgIpc) is 2.96. The molecule has 0 saturated heterocycles. The molecule has 2 aromatic carbocycles. The molecular formula is C21H22O4. The first-order valence-corrected chi connectivity index (χ1v) is 8.53. The Kier molecular flexibility index (Phi) is 3.83. The maximum atomic E-state index is 10.3.